The fraction of sp³-hybridized carbons (Fsp3) is 0.385. The van der Waals surface area contributed by atoms with Gasteiger partial charge < -0.3 is 4.79 Å². The Labute approximate surface area is 90.2 Å². The molecule has 1 atom stereocenters. The fourth-order valence-electron chi connectivity index (χ4n) is 1.91. The summed E-state index contributed by atoms with van der Waals surface area (Å²) in [7, 11) is 0. The van der Waals surface area contributed by atoms with Gasteiger partial charge in [0.25, 0.3) is 0 Å². The molecule has 1 aromatic carbocycles. The summed E-state index contributed by atoms with van der Waals surface area (Å²) in [4.78, 5) is 10.6. The summed E-state index contributed by atoms with van der Waals surface area (Å²) >= 11 is 0. The minimum Gasteiger partial charge on any atom is -0.303 e. The fourth-order valence-corrected chi connectivity index (χ4v) is 1.91. The van der Waals surface area contributed by atoms with Gasteiger partial charge in [-0.05, 0) is 0 Å². The molecule has 0 aromatic heterocycles. The van der Waals surface area contributed by atoms with Crippen molar-refractivity contribution in [3.05, 3.63) is 35.9 Å². The van der Waals surface area contributed by atoms with Crippen LogP contribution < -0.4 is 0 Å². The molecule has 15 heavy (non-hydrogen) atoms. The highest BCUT2D eigenvalue weighted by atomic mass is 16.1. The van der Waals surface area contributed by atoms with Gasteiger partial charge in [0.15, 0.2) is 6.54 Å². The third-order valence-electron chi connectivity index (χ3n) is 2.87. The molecule has 0 amide bonds. The first kappa shape index (κ1) is 10.1. The van der Waals surface area contributed by atoms with Gasteiger partial charge in [-0.1, -0.05) is 30.3 Å². The maximum absolute atomic E-state index is 10.6. The van der Waals surface area contributed by atoms with Crippen LogP contribution in [-0.2, 0) is 11.3 Å². The monoisotopic (exact) mass is 202 g/mol. The van der Waals surface area contributed by atoms with E-state index in [1.807, 2.05) is 6.07 Å². The highest BCUT2D eigenvalue weighted by Crippen LogP contribution is 2.10. The minimum absolute atomic E-state index is 0.247. The summed E-state index contributed by atoms with van der Waals surface area (Å²) in [5.41, 5.74) is 1.33. The van der Waals surface area contributed by atoms with Gasteiger partial charge >= 0.3 is 0 Å². The number of carbonyl (C=O) groups is 1. The second-order valence-electron chi connectivity index (χ2n) is 4.06. The summed E-state index contributed by atoms with van der Waals surface area (Å²) in [5, 5.41) is 0. The summed E-state index contributed by atoms with van der Waals surface area (Å²) in [6.45, 7) is 1.96. The van der Waals surface area contributed by atoms with Gasteiger partial charge in [-0.25, -0.2) is 4.58 Å². The highest BCUT2D eigenvalue weighted by Gasteiger charge is 2.18. The van der Waals surface area contributed by atoms with Crippen LogP contribution in [0.1, 0.15) is 18.4 Å². The van der Waals surface area contributed by atoms with Crippen LogP contribution in [0.3, 0.4) is 0 Å². The predicted molar refractivity (Wildman–Crippen MR) is 60.1 cm³/mol. The third kappa shape index (κ3) is 2.75. The first-order chi connectivity index (χ1) is 7.38. The Bertz CT molecular complexity index is 356. The maximum Gasteiger partial charge on any atom is 0.167 e. The molecule has 0 radical (unpaired) electrons. The van der Waals surface area contributed by atoms with Crippen LogP contribution in [0.5, 0.6) is 0 Å². The van der Waals surface area contributed by atoms with Crippen LogP contribution >= 0.6 is 0 Å². The third-order valence-corrected chi connectivity index (χ3v) is 2.87. The molecule has 2 rings (SSSR count). The van der Waals surface area contributed by atoms with Crippen molar-refractivity contribution in [2.45, 2.75) is 19.4 Å². The van der Waals surface area contributed by atoms with E-state index in [1.165, 1.54) is 5.56 Å². The van der Waals surface area contributed by atoms with Gasteiger partial charge in [0.2, 0.25) is 0 Å². The van der Waals surface area contributed by atoms with Gasteiger partial charge in [-0.2, -0.15) is 0 Å². The molecule has 0 saturated heterocycles. The van der Waals surface area contributed by atoms with Gasteiger partial charge in [0, 0.05) is 24.3 Å². The first-order valence-electron chi connectivity index (χ1n) is 5.45. The molecule has 0 bridgehead atoms. The Morgan fingerprint density at radius 1 is 1.33 bits per heavy atom. The SMILES string of the molecule is O=CC1CC=[N+](Cc2ccccc2)CC1. The summed E-state index contributed by atoms with van der Waals surface area (Å²) in [6, 6.07) is 10.4. The standard InChI is InChI=1S/C13H16NO/c15-11-13-6-8-14(9-7-13)10-12-4-2-1-3-5-12/h1-5,8,11,13H,6-7,9-10H2/q+1. The zero-order valence-corrected chi connectivity index (χ0v) is 8.80. The topological polar surface area (TPSA) is 20.1 Å². The number of hydrogen-bond acceptors (Lipinski definition) is 1. The zero-order valence-electron chi connectivity index (χ0n) is 8.80. The van der Waals surface area contributed by atoms with Crippen LogP contribution in [0.4, 0.5) is 0 Å². The molecule has 1 unspecified atom stereocenters. The van der Waals surface area contributed by atoms with Crippen molar-refractivity contribution in [1.29, 1.82) is 0 Å². The van der Waals surface area contributed by atoms with E-state index in [1.54, 1.807) is 0 Å². The van der Waals surface area contributed by atoms with Crippen molar-refractivity contribution in [3.8, 4) is 0 Å². The van der Waals surface area contributed by atoms with Crippen molar-refractivity contribution >= 4 is 12.5 Å². The summed E-state index contributed by atoms with van der Waals surface area (Å²) in [5.74, 6) is 0.247. The Hall–Kier alpha value is -1.44. The number of aldehydes is 1. The largest absolute Gasteiger partial charge is 0.303 e. The van der Waals surface area contributed by atoms with E-state index in [2.05, 4.69) is 35.1 Å². The molecular weight excluding hydrogens is 186 g/mol. The molecule has 0 aliphatic carbocycles. The molecule has 0 fully saturated rings. The minimum atomic E-state index is 0.247. The van der Waals surface area contributed by atoms with Crippen LogP contribution in [0.2, 0.25) is 0 Å². The van der Waals surface area contributed by atoms with Crippen LogP contribution in [0.15, 0.2) is 30.3 Å². The van der Waals surface area contributed by atoms with E-state index in [4.69, 9.17) is 0 Å². The molecule has 78 valence electrons. The van der Waals surface area contributed by atoms with Crippen molar-refractivity contribution in [2.75, 3.05) is 6.54 Å². The summed E-state index contributed by atoms with van der Waals surface area (Å²) < 4.78 is 2.30. The van der Waals surface area contributed by atoms with E-state index in [0.717, 1.165) is 32.2 Å². The Kier molecular flexibility index (Phi) is 3.28. The summed E-state index contributed by atoms with van der Waals surface area (Å²) in [6.07, 6.45) is 5.13. The number of rotatable bonds is 3. The van der Waals surface area contributed by atoms with E-state index in [9.17, 15) is 4.79 Å². The number of benzene rings is 1. The Morgan fingerprint density at radius 3 is 2.73 bits per heavy atom. The molecule has 1 aromatic rings. The lowest BCUT2D eigenvalue weighted by Gasteiger charge is -2.12. The quantitative estimate of drug-likeness (QED) is 0.541. The molecule has 1 heterocycles. The first-order valence-corrected chi connectivity index (χ1v) is 5.45. The molecule has 0 saturated carbocycles. The van der Waals surface area contributed by atoms with Gasteiger partial charge in [0.05, 0.1) is 0 Å². The lowest BCUT2D eigenvalue weighted by Crippen LogP contribution is -2.24. The van der Waals surface area contributed by atoms with Crippen molar-refractivity contribution < 1.29 is 9.37 Å². The van der Waals surface area contributed by atoms with Crippen LogP contribution in [-0.4, -0.2) is 23.6 Å². The molecule has 2 nitrogen and oxygen atoms in total. The van der Waals surface area contributed by atoms with Crippen molar-refractivity contribution in [2.24, 2.45) is 5.92 Å². The lowest BCUT2D eigenvalue weighted by molar-refractivity contribution is -0.545. The van der Waals surface area contributed by atoms with Crippen LogP contribution in [0, 0.1) is 5.92 Å². The second kappa shape index (κ2) is 4.87. The molecule has 0 N–H and O–H groups in total. The average molecular weight is 202 g/mol. The average Bonchev–Trinajstić information content (AvgIpc) is 2.31. The van der Waals surface area contributed by atoms with Crippen LogP contribution in [0.25, 0.3) is 0 Å². The molecule has 1 aliphatic heterocycles. The molecule has 1 aliphatic rings. The lowest BCUT2D eigenvalue weighted by atomic mass is 10.0. The Balaban J connectivity index is 1.97. The smallest absolute Gasteiger partial charge is 0.167 e. The predicted octanol–water partition coefficient (Wildman–Crippen LogP) is 1.88. The highest BCUT2D eigenvalue weighted by molar-refractivity contribution is 5.63. The number of nitrogens with zero attached hydrogens (tertiary/aromatic N) is 1. The van der Waals surface area contributed by atoms with Gasteiger partial charge in [0.1, 0.15) is 19.0 Å². The molecule has 0 spiro atoms. The Morgan fingerprint density at radius 2 is 2.13 bits per heavy atom. The number of hydrogen-bond donors (Lipinski definition) is 0. The van der Waals surface area contributed by atoms with E-state index in [0.29, 0.717) is 0 Å². The van der Waals surface area contributed by atoms with Gasteiger partial charge in [-0.3, -0.25) is 0 Å². The maximum atomic E-state index is 10.6. The van der Waals surface area contributed by atoms with Gasteiger partial charge in [-0.15, -0.1) is 0 Å². The second-order valence-corrected chi connectivity index (χ2v) is 4.06. The normalized spacial score (nSPS) is 20.8. The molecular formula is C13H16NO+. The number of carbonyl (C=O) groups excluding carboxylic acids is 1. The van der Waals surface area contributed by atoms with E-state index >= 15 is 0 Å². The molecule has 2 heteroatoms. The van der Waals surface area contributed by atoms with E-state index in [-0.39, 0.29) is 5.92 Å². The van der Waals surface area contributed by atoms with Crippen molar-refractivity contribution in [1.82, 2.24) is 0 Å². The zero-order chi connectivity index (χ0) is 10.5. The van der Waals surface area contributed by atoms with Crippen molar-refractivity contribution in [3.63, 3.8) is 0 Å². The van der Waals surface area contributed by atoms with E-state index < -0.39 is 0 Å².